The Morgan fingerprint density at radius 1 is 1.20 bits per heavy atom. The summed E-state index contributed by atoms with van der Waals surface area (Å²) in [5, 5.41) is 11.1. The zero-order valence-corrected chi connectivity index (χ0v) is 13.1. The van der Waals surface area contributed by atoms with Crippen molar-refractivity contribution in [2.45, 2.75) is 25.0 Å². The van der Waals surface area contributed by atoms with E-state index < -0.39 is 6.10 Å². The van der Waals surface area contributed by atoms with Gasteiger partial charge in [0.1, 0.15) is 11.9 Å². The zero-order valence-electron chi connectivity index (χ0n) is 10.7. The number of benzene rings is 2. The van der Waals surface area contributed by atoms with Gasteiger partial charge in [-0.25, -0.2) is 0 Å². The number of aliphatic hydroxyl groups is 1. The van der Waals surface area contributed by atoms with Crippen molar-refractivity contribution in [1.29, 1.82) is 0 Å². The van der Waals surface area contributed by atoms with Crippen molar-refractivity contribution < 1.29 is 9.84 Å². The lowest BCUT2D eigenvalue weighted by Gasteiger charge is -2.15. The largest absolute Gasteiger partial charge is 0.490 e. The Labute approximate surface area is 131 Å². The van der Waals surface area contributed by atoms with E-state index in [2.05, 4.69) is 15.9 Å². The SMILES string of the molecule is OC(c1cccc(OC2CC2)c1)c1ccc(Cl)cc1Br. The molecule has 0 radical (unpaired) electrons. The van der Waals surface area contributed by atoms with Crippen LogP contribution in [0.25, 0.3) is 0 Å². The molecule has 0 heterocycles. The monoisotopic (exact) mass is 352 g/mol. The molecule has 1 aliphatic rings. The van der Waals surface area contributed by atoms with Crippen LogP contribution in [-0.4, -0.2) is 11.2 Å². The second-order valence-electron chi connectivity index (χ2n) is 4.96. The van der Waals surface area contributed by atoms with Crippen LogP contribution in [-0.2, 0) is 0 Å². The predicted octanol–water partition coefficient (Wildman–Crippen LogP) is 4.73. The van der Waals surface area contributed by atoms with Crippen LogP contribution >= 0.6 is 27.5 Å². The molecule has 2 aromatic rings. The van der Waals surface area contributed by atoms with Crippen molar-refractivity contribution in [3.63, 3.8) is 0 Å². The van der Waals surface area contributed by atoms with Crippen molar-refractivity contribution >= 4 is 27.5 Å². The van der Waals surface area contributed by atoms with Crippen molar-refractivity contribution in [2.75, 3.05) is 0 Å². The molecular weight excluding hydrogens is 340 g/mol. The molecule has 3 rings (SSSR count). The first-order valence-corrected chi connectivity index (χ1v) is 7.70. The van der Waals surface area contributed by atoms with Gasteiger partial charge in [0.25, 0.3) is 0 Å². The van der Waals surface area contributed by atoms with Crippen LogP contribution in [0.15, 0.2) is 46.9 Å². The molecule has 1 saturated carbocycles. The van der Waals surface area contributed by atoms with Crippen molar-refractivity contribution in [3.8, 4) is 5.75 Å². The van der Waals surface area contributed by atoms with E-state index in [4.69, 9.17) is 16.3 Å². The lowest BCUT2D eigenvalue weighted by atomic mass is 10.0. The number of aliphatic hydroxyl groups excluding tert-OH is 1. The molecule has 0 spiro atoms. The molecule has 2 nitrogen and oxygen atoms in total. The zero-order chi connectivity index (χ0) is 14.1. The first kappa shape index (κ1) is 13.9. The maximum Gasteiger partial charge on any atom is 0.120 e. The topological polar surface area (TPSA) is 29.5 Å². The molecule has 104 valence electrons. The van der Waals surface area contributed by atoms with E-state index in [1.54, 1.807) is 12.1 Å². The van der Waals surface area contributed by atoms with Crippen LogP contribution < -0.4 is 4.74 Å². The smallest absolute Gasteiger partial charge is 0.120 e. The van der Waals surface area contributed by atoms with Crippen LogP contribution in [0.1, 0.15) is 30.1 Å². The minimum atomic E-state index is -0.704. The van der Waals surface area contributed by atoms with Crippen molar-refractivity contribution in [3.05, 3.63) is 63.1 Å². The van der Waals surface area contributed by atoms with Gasteiger partial charge in [0, 0.05) is 9.50 Å². The number of rotatable bonds is 4. The quantitative estimate of drug-likeness (QED) is 0.861. The van der Waals surface area contributed by atoms with Crippen LogP contribution in [0.2, 0.25) is 5.02 Å². The fraction of sp³-hybridized carbons (Fsp3) is 0.250. The average Bonchev–Trinajstić information content (AvgIpc) is 3.22. The molecule has 1 aliphatic carbocycles. The van der Waals surface area contributed by atoms with Gasteiger partial charge in [0.2, 0.25) is 0 Å². The first-order valence-electron chi connectivity index (χ1n) is 6.53. The van der Waals surface area contributed by atoms with Crippen LogP contribution in [0.3, 0.4) is 0 Å². The Balaban J connectivity index is 1.86. The summed E-state index contributed by atoms with van der Waals surface area (Å²) in [4.78, 5) is 0. The van der Waals surface area contributed by atoms with Crippen LogP contribution in [0, 0.1) is 0 Å². The van der Waals surface area contributed by atoms with E-state index in [0.29, 0.717) is 11.1 Å². The highest BCUT2D eigenvalue weighted by atomic mass is 79.9. The Bertz CT molecular complexity index is 626. The molecule has 0 amide bonds. The first-order chi connectivity index (χ1) is 9.63. The molecular formula is C16H14BrClO2. The van der Waals surface area contributed by atoms with E-state index in [0.717, 1.165) is 34.2 Å². The summed E-state index contributed by atoms with van der Waals surface area (Å²) in [6.45, 7) is 0. The lowest BCUT2D eigenvalue weighted by molar-refractivity contribution is 0.218. The fourth-order valence-corrected chi connectivity index (χ4v) is 2.94. The molecule has 0 aromatic heterocycles. The standard InChI is InChI=1S/C16H14BrClO2/c17-15-9-11(18)4-7-14(15)16(19)10-2-1-3-13(8-10)20-12-5-6-12/h1-4,7-9,12,16,19H,5-6H2. The summed E-state index contributed by atoms with van der Waals surface area (Å²) < 4.78 is 6.55. The third-order valence-corrected chi connectivity index (χ3v) is 4.18. The highest BCUT2D eigenvalue weighted by molar-refractivity contribution is 9.10. The number of ether oxygens (including phenoxy) is 1. The van der Waals surface area contributed by atoms with Gasteiger partial charge >= 0.3 is 0 Å². The van der Waals surface area contributed by atoms with Gasteiger partial charge < -0.3 is 9.84 Å². The minimum Gasteiger partial charge on any atom is -0.490 e. The lowest BCUT2D eigenvalue weighted by Crippen LogP contribution is -2.02. The van der Waals surface area contributed by atoms with Crippen molar-refractivity contribution in [1.82, 2.24) is 0 Å². The summed E-state index contributed by atoms with van der Waals surface area (Å²) in [6.07, 6.45) is 1.89. The number of hydrogen-bond donors (Lipinski definition) is 1. The Kier molecular flexibility index (Phi) is 4.01. The van der Waals surface area contributed by atoms with Gasteiger partial charge in [0.15, 0.2) is 0 Å². The maximum atomic E-state index is 10.5. The summed E-state index contributed by atoms with van der Waals surface area (Å²) in [7, 11) is 0. The molecule has 20 heavy (non-hydrogen) atoms. The number of hydrogen-bond acceptors (Lipinski definition) is 2. The summed E-state index contributed by atoms with van der Waals surface area (Å²) in [6, 6.07) is 13.0. The average molecular weight is 354 g/mol. The van der Waals surface area contributed by atoms with Gasteiger partial charge in [-0.15, -0.1) is 0 Å². The van der Waals surface area contributed by atoms with Crippen LogP contribution in [0.5, 0.6) is 5.75 Å². The molecule has 0 saturated heterocycles. The van der Waals surface area contributed by atoms with E-state index in [1.165, 1.54) is 0 Å². The summed E-state index contributed by atoms with van der Waals surface area (Å²) >= 11 is 9.36. The molecule has 1 N–H and O–H groups in total. The highest BCUT2D eigenvalue weighted by Gasteiger charge is 2.24. The van der Waals surface area contributed by atoms with Gasteiger partial charge in [-0.2, -0.15) is 0 Å². The second-order valence-corrected chi connectivity index (χ2v) is 6.25. The minimum absolute atomic E-state index is 0.352. The fourth-order valence-electron chi connectivity index (χ4n) is 2.04. The second kappa shape index (κ2) is 5.76. The van der Waals surface area contributed by atoms with Gasteiger partial charge in [0.05, 0.1) is 6.10 Å². The molecule has 0 bridgehead atoms. The van der Waals surface area contributed by atoms with E-state index in [-0.39, 0.29) is 0 Å². The predicted molar refractivity (Wildman–Crippen MR) is 83.3 cm³/mol. The van der Waals surface area contributed by atoms with E-state index in [1.807, 2.05) is 30.3 Å². The number of halogens is 2. The Hall–Kier alpha value is -1.03. The molecule has 2 aromatic carbocycles. The molecule has 0 aliphatic heterocycles. The molecule has 1 unspecified atom stereocenters. The Morgan fingerprint density at radius 3 is 2.70 bits per heavy atom. The van der Waals surface area contributed by atoms with Crippen LogP contribution in [0.4, 0.5) is 0 Å². The van der Waals surface area contributed by atoms with Gasteiger partial charge in [-0.1, -0.05) is 45.7 Å². The third kappa shape index (κ3) is 3.17. The summed E-state index contributed by atoms with van der Waals surface area (Å²) in [5.41, 5.74) is 1.60. The van der Waals surface area contributed by atoms with Gasteiger partial charge in [-0.05, 0) is 48.2 Å². The maximum absolute atomic E-state index is 10.5. The Morgan fingerprint density at radius 2 is 2.00 bits per heavy atom. The van der Waals surface area contributed by atoms with E-state index in [9.17, 15) is 5.11 Å². The summed E-state index contributed by atoms with van der Waals surface area (Å²) in [5.74, 6) is 0.814. The van der Waals surface area contributed by atoms with E-state index >= 15 is 0 Å². The van der Waals surface area contributed by atoms with Gasteiger partial charge in [-0.3, -0.25) is 0 Å². The normalized spacial score (nSPS) is 15.9. The van der Waals surface area contributed by atoms with Crippen molar-refractivity contribution in [2.24, 2.45) is 0 Å². The molecule has 1 fully saturated rings. The molecule has 1 atom stereocenters. The third-order valence-electron chi connectivity index (χ3n) is 3.26. The molecule has 4 heteroatoms. The highest BCUT2D eigenvalue weighted by Crippen LogP contribution is 2.33.